The number of imidazole rings is 1. The van der Waals surface area contributed by atoms with E-state index in [2.05, 4.69) is 15.3 Å². The summed E-state index contributed by atoms with van der Waals surface area (Å²) < 4.78 is 0. The summed E-state index contributed by atoms with van der Waals surface area (Å²) in [6.07, 6.45) is 3.29. The molecular weight excluding hydrogens is 272 g/mol. The first-order valence-electron chi connectivity index (χ1n) is 6.31. The zero-order chi connectivity index (χ0) is 15.4. The van der Waals surface area contributed by atoms with Crippen molar-refractivity contribution in [1.29, 1.82) is 0 Å². The van der Waals surface area contributed by atoms with Crippen molar-refractivity contribution in [3.63, 3.8) is 0 Å². The minimum Gasteiger partial charge on any atom is -0.478 e. The van der Waals surface area contributed by atoms with Crippen molar-refractivity contribution in [2.24, 2.45) is 0 Å². The van der Waals surface area contributed by atoms with Crippen LogP contribution in [0.15, 0.2) is 30.6 Å². The number of hydrogen-bond donors (Lipinski definition) is 3. The lowest BCUT2D eigenvalue weighted by atomic mass is 10.1. The van der Waals surface area contributed by atoms with Crippen molar-refractivity contribution < 1.29 is 14.7 Å². The zero-order valence-electron chi connectivity index (χ0n) is 11.8. The molecular formula is C14H16N4O3. The quantitative estimate of drug-likeness (QED) is 0.802. The number of aryl methyl sites for hydroxylation is 1. The van der Waals surface area contributed by atoms with Gasteiger partial charge in [0.1, 0.15) is 5.82 Å². The Kier molecular flexibility index (Phi) is 4.22. The highest BCUT2D eigenvalue weighted by Gasteiger charge is 2.13. The smallest absolute Gasteiger partial charge is 0.336 e. The van der Waals surface area contributed by atoms with E-state index in [-0.39, 0.29) is 11.6 Å². The number of carboxylic acid groups (broad SMARTS) is 1. The molecule has 0 bridgehead atoms. The number of aromatic amines is 1. The number of nitrogens with zero attached hydrogens (tertiary/aromatic N) is 2. The van der Waals surface area contributed by atoms with Crippen molar-refractivity contribution >= 4 is 17.7 Å². The Morgan fingerprint density at radius 1 is 1.43 bits per heavy atom. The number of urea groups is 1. The third-order valence-electron chi connectivity index (χ3n) is 3.01. The first kappa shape index (κ1) is 14.6. The summed E-state index contributed by atoms with van der Waals surface area (Å²) in [5, 5.41) is 11.7. The lowest BCUT2D eigenvalue weighted by molar-refractivity contribution is 0.0696. The minimum absolute atomic E-state index is 0.168. The molecule has 0 saturated heterocycles. The molecule has 0 aliphatic carbocycles. The van der Waals surface area contributed by atoms with Crippen LogP contribution in [0.3, 0.4) is 0 Å². The molecule has 1 heterocycles. The van der Waals surface area contributed by atoms with Crippen LogP contribution < -0.4 is 5.32 Å². The van der Waals surface area contributed by atoms with Gasteiger partial charge in [-0.05, 0) is 24.6 Å². The maximum atomic E-state index is 12.0. The average Bonchev–Trinajstić information content (AvgIpc) is 2.93. The molecule has 0 radical (unpaired) electrons. The van der Waals surface area contributed by atoms with Crippen molar-refractivity contribution in [2.45, 2.75) is 13.5 Å². The van der Waals surface area contributed by atoms with E-state index in [1.165, 1.54) is 11.0 Å². The summed E-state index contributed by atoms with van der Waals surface area (Å²) in [6, 6.07) is 4.43. The highest BCUT2D eigenvalue weighted by molar-refractivity contribution is 5.94. The first-order valence-corrected chi connectivity index (χ1v) is 6.31. The van der Waals surface area contributed by atoms with Crippen molar-refractivity contribution in [3.05, 3.63) is 47.5 Å². The number of carboxylic acids is 1. The molecule has 21 heavy (non-hydrogen) atoms. The average molecular weight is 288 g/mol. The van der Waals surface area contributed by atoms with Gasteiger partial charge in [-0.1, -0.05) is 6.07 Å². The Hall–Kier alpha value is -2.83. The van der Waals surface area contributed by atoms with Crippen LogP contribution in [0.25, 0.3) is 0 Å². The summed E-state index contributed by atoms with van der Waals surface area (Å²) in [5.41, 5.74) is 1.25. The Morgan fingerprint density at radius 2 is 2.19 bits per heavy atom. The van der Waals surface area contributed by atoms with Gasteiger partial charge in [0.2, 0.25) is 0 Å². The highest BCUT2D eigenvalue weighted by Crippen LogP contribution is 2.16. The van der Waals surface area contributed by atoms with Gasteiger partial charge in [0.15, 0.2) is 0 Å². The zero-order valence-corrected chi connectivity index (χ0v) is 11.8. The van der Waals surface area contributed by atoms with Gasteiger partial charge in [-0.15, -0.1) is 0 Å². The molecule has 0 aliphatic heterocycles. The SMILES string of the molecule is Cc1ccc(NC(=O)N(C)Cc2ncc[nH]2)cc1C(=O)O. The molecule has 2 rings (SSSR count). The Labute approximate surface area is 121 Å². The molecule has 110 valence electrons. The molecule has 0 unspecified atom stereocenters. The lowest BCUT2D eigenvalue weighted by Crippen LogP contribution is -2.31. The third kappa shape index (κ3) is 3.59. The number of amides is 2. The fourth-order valence-electron chi connectivity index (χ4n) is 1.83. The molecule has 7 nitrogen and oxygen atoms in total. The molecule has 2 aromatic rings. The van der Waals surface area contributed by atoms with Gasteiger partial charge < -0.3 is 20.3 Å². The maximum Gasteiger partial charge on any atom is 0.336 e. The largest absolute Gasteiger partial charge is 0.478 e. The van der Waals surface area contributed by atoms with Crippen molar-refractivity contribution in [2.75, 3.05) is 12.4 Å². The van der Waals surface area contributed by atoms with Crippen LogP contribution >= 0.6 is 0 Å². The normalized spacial score (nSPS) is 10.2. The van der Waals surface area contributed by atoms with Gasteiger partial charge in [0.25, 0.3) is 0 Å². The van der Waals surface area contributed by atoms with E-state index in [0.717, 1.165) is 0 Å². The number of aromatic nitrogens is 2. The van der Waals surface area contributed by atoms with Gasteiger partial charge in [0, 0.05) is 25.1 Å². The van der Waals surface area contributed by atoms with Crippen LogP contribution in [0.5, 0.6) is 0 Å². The standard InChI is InChI=1S/C14H16N4O3/c1-9-3-4-10(7-11(9)13(19)20)17-14(21)18(2)8-12-15-5-6-16-12/h3-7H,8H2,1-2H3,(H,15,16)(H,17,21)(H,19,20). The number of carbonyl (C=O) groups excluding carboxylic acids is 1. The van der Waals surface area contributed by atoms with E-state index in [0.29, 0.717) is 23.6 Å². The van der Waals surface area contributed by atoms with Crippen LogP contribution in [0.1, 0.15) is 21.7 Å². The highest BCUT2D eigenvalue weighted by atomic mass is 16.4. The molecule has 0 aliphatic rings. The van der Waals surface area contributed by atoms with Gasteiger partial charge >= 0.3 is 12.0 Å². The van der Waals surface area contributed by atoms with Crippen molar-refractivity contribution in [1.82, 2.24) is 14.9 Å². The second-order valence-electron chi connectivity index (χ2n) is 4.66. The maximum absolute atomic E-state index is 12.0. The molecule has 7 heteroatoms. The number of carbonyl (C=O) groups is 2. The summed E-state index contributed by atoms with van der Waals surface area (Å²) in [7, 11) is 1.63. The van der Waals surface area contributed by atoms with Crippen LogP contribution in [0.4, 0.5) is 10.5 Å². The van der Waals surface area contributed by atoms with Crippen molar-refractivity contribution in [3.8, 4) is 0 Å². The van der Waals surface area contributed by atoms with Crippen LogP contribution in [-0.4, -0.2) is 39.0 Å². The number of rotatable bonds is 4. The second kappa shape index (κ2) is 6.08. The summed E-state index contributed by atoms with van der Waals surface area (Å²) in [4.78, 5) is 31.5. The number of benzene rings is 1. The topological polar surface area (TPSA) is 98.3 Å². The van der Waals surface area contributed by atoms with E-state index in [1.54, 1.807) is 38.5 Å². The van der Waals surface area contributed by atoms with E-state index in [1.807, 2.05) is 0 Å². The van der Waals surface area contributed by atoms with Gasteiger partial charge in [-0.2, -0.15) is 0 Å². The molecule has 1 aromatic carbocycles. The number of hydrogen-bond acceptors (Lipinski definition) is 3. The first-order chi connectivity index (χ1) is 9.97. The molecule has 0 spiro atoms. The number of nitrogens with one attached hydrogen (secondary N) is 2. The van der Waals surface area contributed by atoms with Gasteiger partial charge in [-0.25, -0.2) is 14.6 Å². The van der Waals surface area contributed by atoms with E-state index in [9.17, 15) is 9.59 Å². The predicted octanol–water partition coefficient (Wildman–Crippen LogP) is 2.08. The fraction of sp³-hybridized carbons (Fsp3) is 0.214. The second-order valence-corrected chi connectivity index (χ2v) is 4.66. The van der Waals surface area contributed by atoms with Crippen LogP contribution in [0.2, 0.25) is 0 Å². The summed E-state index contributed by atoms with van der Waals surface area (Å²) in [6.45, 7) is 2.04. The Balaban J connectivity index is 2.05. The third-order valence-corrected chi connectivity index (χ3v) is 3.01. The molecule has 0 saturated carbocycles. The van der Waals surface area contributed by atoms with Gasteiger partial charge in [0.05, 0.1) is 12.1 Å². The molecule has 3 N–H and O–H groups in total. The number of aromatic carboxylic acids is 1. The molecule has 2 amide bonds. The van der Waals surface area contributed by atoms with Crippen LogP contribution in [-0.2, 0) is 6.54 Å². The lowest BCUT2D eigenvalue weighted by Gasteiger charge is -2.17. The Bertz CT molecular complexity index is 652. The predicted molar refractivity (Wildman–Crippen MR) is 77.2 cm³/mol. The van der Waals surface area contributed by atoms with E-state index >= 15 is 0 Å². The monoisotopic (exact) mass is 288 g/mol. The molecule has 0 fully saturated rings. The molecule has 1 aromatic heterocycles. The number of H-pyrrole nitrogens is 1. The summed E-state index contributed by atoms with van der Waals surface area (Å²) >= 11 is 0. The van der Waals surface area contributed by atoms with Gasteiger partial charge in [-0.3, -0.25) is 0 Å². The molecule has 0 atom stereocenters. The summed E-state index contributed by atoms with van der Waals surface area (Å²) in [5.74, 6) is -0.352. The fourth-order valence-corrected chi connectivity index (χ4v) is 1.83. The minimum atomic E-state index is -1.02. The van der Waals surface area contributed by atoms with E-state index in [4.69, 9.17) is 5.11 Å². The van der Waals surface area contributed by atoms with Crippen LogP contribution in [0, 0.1) is 6.92 Å². The number of anilines is 1. The Morgan fingerprint density at radius 3 is 2.81 bits per heavy atom. The van der Waals surface area contributed by atoms with E-state index < -0.39 is 5.97 Å².